The van der Waals surface area contributed by atoms with Gasteiger partial charge in [0, 0.05) is 31.3 Å². The van der Waals surface area contributed by atoms with E-state index in [-0.39, 0.29) is 6.04 Å². The van der Waals surface area contributed by atoms with Gasteiger partial charge in [0.2, 0.25) is 0 Å². The standard InChI is InChI=1S/C17H26N2O2/c1-19(13-7-9-21-10-8-13)16-6-3-12-11-14(20-2)4-5-15(12)17(16)18/h4-5,11,13,16-17H,3,6-10,18H2,1-2H3. The normalized spacial score (nSPS) is 26.7. The van der Waals surface area contributed by atoms with E-state index in [2.05, 4.69) is 24.1 Å². The van der Waals surface area contributed by atoms with Crippen molar-refractivity contribution in [2.75, 3.05) is 27.4 Å². The summed E-state index contributed by atoms with van der Waals surface area (Å²) in [5, 5.41) is 0. The molecule has 2 N–H and O–H groups in total. The number of aryl methyl sites for hydroxylation is 1. The molecule has 1 heterocycles. The second-order valence-corrected chi connectivity index (χ2v) is 6.21. The molecule has 0 aromatic heterocycles. The topological polar surface area (TPSA) is 47.7 Å². The lowest BCUT2D eigenvalue weighted by Gasteiger charge is -2.42. The molecule has 21 heavy (non-hydrogen) atoms. The van der Waals surface area contributed by atoms with Gasteiger partial charge in [-0.3, -0.25) is 4.90 Å². The first kappa shape index (κ1) is 14.8. The van der Waals surface area contributed by atoms with E-state index in [4.69, 9.17) is 15.2 Å². The molecule has 0 saturated carbocycles. The van der Waals surface area contributed by atoms with Crippen molar-refractivity contribution in [1.82, 2.24) is 4.90 Å². The van der Waals surface area contributed by atoms with Crippen LogP contribution in [0.3, 0.4) is 0 Å². The highest BCUT2D eigenvalue weighted by molar-refractivity contribution is 5.40. The van der Waals surface area contributed by atoms with Crippen molar-refractivity contribution < 1.29 is 9.47 Å². The van der Waals surface area contributed by atoms with Crippen LogP contribution < -0.4 is 10.5 Å². The summed E-state index contributed by atoms with van der Waals surface area (Å²) in [5.41, 5.74) is 9.21. The van der Waals surface area contributed by atoms with Gasteiger partial charge in [0.05, 0.1) is 7.11 Å². The minimum Gasteiger partial charge on any atom is -0.497 e. The lowest BCUT2D eigenvalue weighted by atomic mass is 9.83. The molecule has 1 aromatic rings. The molecular formula is C17H26N2O2. The Balaban J connectivity index is 1.76. The summed E-state index contributed by atoms with van der Waals surface area (Å²) >= 11 is 0. The van der Waals surface area contributed by atoms with E-state index in [1.807, 2.05) is 6.07 Å². The van der Waals surface area contributed by atoms with Crippen LogP contribution in [0.1, 0.15) is 36.4 Å². The molecule has 116 valence electrons. The predicted octanol–water partition coefficient (Wildman–Crippen LogP) is 2.12. The van der Waals surface area contributed by atoms with Crippen LogP contribution in [0.25, 0.3) is 0 Å². The zero-order valence-electron chi connectivity index (χ0n) is 13.0. The van der Waals surface area contributed by atoms with Crippen molar-refractivity contribution in [3.05, 3.63) is 29.3 Å². The second kappa shape index (κ2) is 6.34. The summed E-state index contributed by atoms with van der Waals surface area (Å²) in [6, 6.07) is 7.43. The molecule has 0 radical (unpaired) electrons. The molecule has 0 spiro atoms. The molecule has 4 nitrogen and oxygen atoms in total. The Bertz CT molecular complexity index is 486. The Morgan fingerprint density at radius 2 is 2.00 bits per heavy atom. The number of ether oxygens (including phenoxy) is 2. The van der Waals surface area contributed by atoms with Crippen LogP contribution >= 0.6 is 0 Å². The first-order chi connectivity index (χ1) is 10.2. The molecule has 2 atom stereocenters. The number of methoxy groups -OCH3 is 1. The van der Waals surface area contributed by atoms with E-state index in [1.54, 1.807) is 7.11 Å². The maximum absolute atomic E-state index is 6.58. The predicted molar refractivity (Wildman–Crippen MR) is 83.6 cm³/mol. The molecule has 1 aliphatic heterocycles. The average molecular weight is 290 g/mol. The lowest BCUT2D eigenvalue weighted by molar-refractivity contribution is 0.0210. The summed E-state index contributed by atoms with van der Waals surface area (Å²) in [6.45, 7) is 1.76. The highest BCUT2D eigenvalue weighted by Gasteiger charge is 2.33. The summed E-state index contributed by atoms with van der Waals surface area (Å²) in [4.78, 5) is 2.50. The SMILES string of the molecule is COc1ccc2c(c1)CCC(N(C)C1CCOCC1)C2N. The van der Waals surface area contributed by atoms with E-state index in [0.717, 1.165) is 44.6 Å². The highest BCUT2D eigenvalue weighted by Crippen LogP contribution is 2.34. The van der Waals surface area contributed by atoms with Gasteiger partial charge >= 0.3 is 0 Å². The second-order valence-electron chi connectivity index (χ2n) is 6.21. The minimum atomic E-state index is 0.0903. The minimum absolute atomic E-state index is 0.0903. The van der Waals surface area contributed by atoms with Crippen molar-refractivity contribution in [2.45, 2.75) is 43.8 Å². The number of hydrogen-bond donors (Lipinski definition) is 1. The molecule has 1 aliphatic carbocycles. The van der Waals surface area contributed by atoms with Gasteiger partial charge in [-0.2, -0.15) is 0 Å². The molecule has 1 aromatic carbocycles. The summed E-state index contributed by atoms with van der Waals surface area (Å²) in [5.74, 6) is 0.928. The first-order valence-electron chi connectivity index (χ1n) is 7.93. The number of likely N-dealkylation sites (N-methyl/N-ethyl adjacent to an activating group) is 1. The number of benzene rings is 1. The van der Waals surface area contributed by atoms with Crippen LogP contribution in [0.5, 0.6) is 5.75 Å². The van der Waals surface area contributed by atoms with Crippen molar-refractivity contribution in [3.63, 3.8) is 0 Å². The van der Waals surface area contributed by atoms with Gasteiger partial charge in [0.1, 0.15) is 5.75 Å². The van der Waals surface area contributed by atoms with E-state index in [0.29, 0.717) is 12.1 Å². The molecule has 0 amide bonds. The smallest absolute Gasteiger partial charge is 0.119 e. The zero-order chi connectivity index (χ0) is 14.8. The third-order valence-electron chi connectivity index (χ3n) is 5.12. The maximum atomic E-state index is 6.58. The molecule has 0 bridgehead atoms. The molecule has 1 fully saturated rings. The Labute approximate surface area is 127 Å². The number of nitrogens with zero attached hydrogens (tertiary/aromatic N) is 1. The van der Waals surface area contributed by atoms with Gasteiger partial charge in [-0.25, -0.2) is 0 Å². The van der Waals surface area contributed by atoms with Gasteiger partial charge in [-0.15, -0.1) is 0 Å². The van der Waals surface area contributed by atoms with Crippen LogP contribution in [0.2, 0.25) is 0 Å². The third kappa shape index (κ3) is 2.93. The van der Waals surface area contributed by atoms with Crippen molar-refractivity contribution in [3.8, 4) is 5.75 Å². The average Bonchev–Trinajstić information content (AvgIpc) is 2.55. The largest absolute Gasteiger partial charge is 0.497 e. The van der Waals surface area contributed by atoms with Gasteiger partial charge in [0.25, 0.3) is 0 Å². The van der Waals surface area contributed by atoms with E-state index >= 15 is 0 Å². The van der Waals surface area contributed by atoms with E-state index in [9.17, 15) is 0 Å². The number of rotatable bonds is 3. The fourth-order valence-electron chi connectivity index (χ4n) is 3.76. The van der Waals surface area contributed by atoms with Crippen LogP contribution in [0, 0.1) is 0 Å². The Hall–Kier alpha value is -1.10. The summed E-state index contributed by atoms with van der Waals surface area (Å²) in [7, 11) is 3.95. The fraction of sp³-hybridized carbons (Fsp3) is 0.647. The number of nitrogens with two attached hydrogens (primary N) is 1. The third-order valence-corrected chi connectivity index (χ3v) is 5.12. The molecule has 4 heteroatoms. The van der Waals surface area contributed by atoms with Crippen LogP contribution in [0.15, 0.2) is 18.2 Å². The molecule has 2 unspecified atom stereocenters. The van der Waals surface area contributed by atoms with E-state index in [1.165, 1.54) is 11.1 Å². The highest BCUT2D eigenvalue weighted by atomic mass is 16.5. The monoisotopic (exact) mass is 290 g/mol. The lowest BCUT2D eigenvalue weighted by Crippen LogP contribution is -2.49. The van der Waals surface area contributed by atoms with Gasteiger partial charge in [-0.05, 0) is 56.0 Å². The Kier molecular flexibility index (Phi) is 4.48. The van der Waals surface area contributed by atoms with Crippen LogP contribution in [-0.4, -0.2) is 44.4 Å². The van der Waals surface area contributed by atoms with Crippen LogP contribution in [-0.2, 0) is 11.2 Å². The van der Waals surface area contributed by atoms with Gasteiger partial charge < -0.3 is 15.2 Å². The quantitative estimate of drug-likeness (QED) is 0.926. The van der Waals surface area contributed by atoms with Crippen molar-refractivity contribution >= 4 is 0 Å². The summed E-state index contributed by atoms with van der Waals surface area (Å²) in [6.07, 6.45) is 4.44. The Morgan fingerprint density at radius 3 is 2.71 bits per heavy atom. The van der Waals surface area contributed by atoms with E-state index < -0.39 is 0 Å². The summed E-state index contributed by atoms with van der Waals surface area (Å²) < 4.78 is 10.8. The number of fused-ring (bicyclic) bond motifs is 1. The fourth-order valence-corrected chi connectivity index (χ4v) is 3.76. The van der Waals surface area contributed by atoms with Gasteiger partial charge in [-0.1, -0.05) is 6.07 Å². The molecular weight excluding hydrogens is 264 g/mol. The number of hydrogen-bond acceptors (Lipinski definition) is 4. The zero-order valence-corrected chi connectivity index (χ0v) is 13.0. The first-order valence-corrected chi connectivity index (χ1v) is 7.93. The molecule has 3 rings (SSSR count). The van der Waals surface area contributed by atoms with Crippen LogP contribution in [0.4, 0.5) is 0 Å². The Morgan fingerprint density at radius 1 is 1.24 bits per heavy atom. The van der Waals surface area contributed by atoms with Gasteiger partial charge in [0.15, 0.2) is 0 Å². The van der Waals surface area contributed by atoms with Crippen molar-refractivity contribution in [2.24, 2.45) is 5.73 Å². The maximum Gasteiger partial charge on any atom is 0.119 e. The van der Waals surface area contributed by atoms with Crippen molar-refractivity contribution in [1.29, 1.82) is 0 Å². The molecule has 2 aliphatic rings. The molecule has 1 saturated heterocycles.